The van der Waals surface area contributed by atoms with Gasteiger partial charge in [-0.25, -0.2) is 4.98 Å². The van der Waals surface area contributed by atoms with Crippen molar-refractivity contribution in [2.45, 2.75) is 0 Å². The fourth-order valence-corrected chi connectivity index (χ4v) is 2.07. The molecule has 3 nitrogen and oxygen atoms in total. The molecule has 0 saturated heterocycles. The summed E-state index contributed by atoms with van der Waals surface area (Å²) in [6, 6.07) is 1.93. The standard InChI is InChI=1S/C7H4Cl2IN3/c1-13-4(10)2-3-5(8)11-7(9)12-6(3)13/h2H,1H3. The van der Waals surface area contributed by atoms with Gasteiger partial charge in [-0.2, -0.15) is 4.98 Å². The largest absolute Gasteiger partial charge is 0.324 e. The Bertz CT molecular complexity index is 480. The van der Waals surface area contributed by atoms with E-state index in [1.807, 2.05) is 17.7 Å². The van der Waals surface area contributed by atoms with Crippen LogP contribution >= 0.6 is 45.8 Å². The summed E-state index contributed by atoms with van der Waals surface area (Å²) in [7, 11) is 1.91. The Kier molecular flexibility index (Phi) is 2.37. The van der Waals surface area contributed by atoms with Crippen LogP contribution < -0.4 is 0 Å². The molecule has 6 heteroatoms. The Morgan fingerprint density at radius 1 is 1.38 bits per heavy atom. The van der Waals surface area contributed by atoms with Gasteiger partial charge in [-0.1, -0.05) is 11.6 Å². The molecule has 0 aliphatic carbocycles. The maximum Gasteiger partial charge on any atom is 0.225 e. The second-order valence-corrected chi connectivity index (χ2v) is 4.35. The smallest absolute Gasteiger partial charge is 0.225 e. The topological polar surface area (TPSA) is 30.7 Å². The van der Waals surface area contributed by atoms with E-state index < -0.39 is 0 Å². The highest BCUT2D eigenvalue weighted by Gasteiger charge is 2.10. The zero-order valence-electron chi connectivity index (χ0n) is 6.55. The number of aryl methyl sites for hydroxylation is 1. The lowest BCUT2D eigenvalue weighted by Crippen LogP contribution is -1.93. The highest BCUT2D eigenvalue weighted by molar-refractivity contribution is 14.1. The molecule has 13 heavy (non-hydrogen) atoms. The minimum absolute atomic E-state index is 0.176. The van der Waals surface area contributed by atoms with Crippen molar-refractivity contribution in [3.05, 3.63) is 20.2 Å². The molecule has 0 amide bonds. The second kappa shape index (κ2) is 3.25. The number of fused-ring (bicyclic) bond motifs is 1. The highest BCUT2D eigenvalue weighted by Crippen LogP contribution is 2.25. The predicted octanol–water partition coefficient (Wildman–Crippen LogP) is 2.88. The van der Waals surface area contributed by atoms with Crippen molar-refractivity contribution < 1.29 is 0 Å². The van der Waals surface area contributed by atoms with Crippen LogP contribution in [-0.4, -0.2) is 14.5 Å². The van der Waals surface area contributed by atoms with Gasteiger partial charge in [0.05, 0.1) is 9.09 Å². The predicted molar refractivity (Wildman–Crippen MR) is 61.2 cm³/mol. The van der Waals surface area contributed by atoms with Gasteiger partial charge < -0.3 is 4.57 Å². The number of hydrogen-bond donors (Lipinski definition) is 0. The summed E-state index contributed by atoms with van der Waals surface area (Å²) in [5.74, 6) is 0. The van der Waals surface area contributed by atoms with Crippen LogP contribution in [0.25, 0.3) is 11.0 Å². The van der Waals surface area contributed by atoms with E-state index >= 15 is 0 Å². The quantitative estimate of drug-likeness (QED) is 0.423. The first kappa shape index (κ1) is 9.48. The second-order valence-electron chi connectivity index (χ2n) is 2.55. The van der Waals surface area contributed by atoms with Gasteiger partial charge in [-0.05, 0) is 40.3 Å². The van der Waals surface area contributed by atoms with E-state index in [2.05, 4.69) is 32.6 Å². The van der Waals surface area contributed by atoms with Crippen molar-refractivity contribution in [1.82, 2.24) is 14.5 Å². The molecule has 68 valence electrons. The molecular weight excluding hydrogens is 324 g/mol. The SMILES string of the molecule is Cn1c(I)cc2c(Cl)nc(Cl)nc21. The van der Waals surface area contributed by atoms with E-state index in [9.17, 15) is 0 Å². The molecule has 0 bridgehead atoms. The fourth-order valence-electron chi connectivity index (χ4n) is 1.10. The van der Waals surface area contributed by atoms with Crippen LogP contribution in [0.4, 0.5) is 0 Å². The van der Waals surface area contributed by atoms with Crippen molar-refractivity contribution in [3.8, 4) is 0 Å². The summed E-state index contributed by atoms with van der Waals surface area (Å²) >= 11 is 13.8. The molecule has 0 aliphatic rings. The molecule has 0 radical (unpaired) electrons. The first-order valence-electron chi connectivity index (χ1n) is 3.43. The molecule has 0 saturated carbocycles. The van der Waals surface area contributed by atoms with Crippen LogP contribution in [0, 0.1) is 3.70 Å². The van der Waals surface area contributed by atoms with Crippen molar-refractivity contribution in [3.63, 3.8) is 0 Å². The van der Waals surface area contributed by atoms with Crippen LogP contribution in [-0.2, 0) is 7.05 Å². The molecule has 2 aromatic heterocycles. The van der Waals surface area contributed by atoms with E-state index in [0.717, 1.165) is 14.7 Å². The number of halogens is 3. The Hall–Kier alpha value is -0.0700. The van der Waals surface area contributed by atoms with E-state index in [1.54, 1.807) is 0 Å². The van der Waals surface area contributed by atoms with Crippen LogP contribution in [0.1, 0.15) is 0 Å². The molecular formula is C7H4Cl2IN3. The van der Waals surface area contributed by atoms with Crippen molar-refractivity contribution in [2.24, 2.45) is 7.05 Å². The third kappa shape index (κ3) is 1.51. The lowest BCUT2D eigenvalue weighted by molar-refractivity contribution is 0.916. The first-order chi connectivity index (χ1) is 6.09. The Morgan fingerprint density at radius 3 is 2.77 bits per heavy atom. The third-order valence-corrected chi connectivity index (χ3v) is 3.25. The first-order valence-corrected chi connectivity index (χ1v) is 5.27. The van der Waals surface area contributed by atoms with E-state index in [-0.39, 0.29) is 5.28 Å². The van der Waals surface area contributed by atoms with Crippen molar-refractivity contribution >= 4 is 56.8 Å². The van der Waals surface area contributed by atoms with Gasteiger partial charge in [-0.3, -0.25) is 0 Å². The molecule has 0 unspecified atom stereocenters. The van der Waals surface area contributed by atoms with E-state index in [4.69, 9.17) is 23.2 Å². The summed E-state index contributed by atoms with van der Waals surface area (Å²) in [5.41, 5.74) is 0.759. The zero-order valence-corrected chi connectivity index (χ0v) is 10.2. The van der Waals surface area contributed by atoms with E-state index in [1.165, 1.54) is 0 Å². The minimum atomic E-state index is 0.176. The fraction of sp³-hybridized carbons (Fsp3) is 0.143. The molecule has 2 rings (SSSR count). The lowest BCUT2D eigenvalue weighted by atomic mass is 10.4. The molecule has 2 heterocycles. The highest BCUT2D eigenvalue weighted by atomic mass is 127. The van der Waals surface area contributed by atoms with Crippen molar-refractivity contribution in [2.75, 3.05) is 0 Å². The van der Waals surface area contributed by atoms with Gasteiger partial charge in [0.1, 0.15) is 10.8 Å². The van der Waals surface area contributed by atoms with Gasteiger partial charge >= 0.3 is 0 Å². The Morgan fingerprint density at radius 2 is 2.08 bits per heavy atom. The number of nitrogens with zero attached hydrogens (tertiary/aromatic N) is 3. The zero-order chi connectivity index (χ0) is 9.59. The Balaban J connectivity index is 2.94. The molecule has 0 aromatic carbocycles. The lowest BCUT2D eigenvalue weighted by Gasteiger charge is -1.97. The van der Waals surface area contributed by atoms with Crippen LogP contribution in [0.2, 0.25) is 10.4 Å². The average Bonchev–Trinajstić information content (AvgIpc) is 2.32. The number of hydrogen-bond acceptors (Lipinski definition) is 2. The number of aromatic nitrogens is 3. The van der Waals surface area contributed by atoms with Crippen LogP contribution in [0.5, 0.6) is 0 Å². The van der Waals surface area contributed by atoms with E-state index in [0.29, 0.717) is 5.15 Å². The summed E-state index contributed by atoms with van der Waals surface area (Å²) in [4.78, 5) is 7.94. The minimum Gasteiger partial charge on any atom is -0.324 e. The van der Waals surface area contributed by atoms with Gasteiger partial charge in [0.2, 0.25) is 5.28 Å². The molecule has 2 aromatic rings. The number of rotatable bonds is 0. The Labute approximate surface area is 98.2 Å². The average molecular weight is 328 g/mol. The third-order valence-electron chi connectivity index (χ3n) is 1.75. The maximum atomic E-state index is 5.90. The van der Waals surface area contributed by atoms with Gasteiger partial charge in [-0.15, -0.1) is 0 Å². The molecule has 0 fully saturated rings. The molecule has 0 aliphatic heterocycles. The maximum absolute atomic E-state index is 5.90. The molecule has 0 atom stereocenters. The monoisotopic (exact) mass is 327 g/mol. The molecule has 0 N–H and O–H groups in total. The van der Waals surface area contributed by atoms with Crippen LogP contribution in [0.3, 0.4) is 0 Å². The molecule has 0 spiro atoms. The summed E-state index contributed by atoms with van der Waals surface area (Å²) in [6.45, 7) is 0. The van der Waals surface area contributed by atoms with Gasteiger partial charge in [0.25, 0.3) is 0 Å². The van der Waals surface area contributed by atoms with Gasteiger partial charge in [0.15, 0.2) is 0 Å². The summed E-state index contributed by atoms with van der Waals surface area (Å²) in [6.07, 6.45) is 0. The summed E-state index contributed by atoms with van der Waals surface area (Å²) in [5, 5.41) is 1.40. The van der Waals surface area contributed by atoms with Crippen LogP contribution in [0.15, 0.2) is 6.07 Å². The normalized spacial score (nSPS) is 11.1. The van der Waals surface area contributed by atoms with Crippen molar-refractivity contribution in [1.29, 1.82) is 0 Å². The van der Waals surface area contributed by atoms with Gasteiger partial charge in [0, 0.05) is 7.05 Å². The summed E-state index contributed by atoms with van der Waals surface area (Å²) < 4.78 is 2.96.